The zero-order valence-corrected chi connectivity index (χ0v) is 73.0. The second-order valence-corrected chi connectivity index (χ2v) is 33.2. The number of methoxy groups -OCH3 is 3. The van der Waals surface area contributed by atoms with Gasteiger partial charge in [0.25, 0.3) is 5.91 Å². The zero-order chi connectivity index (χ0) is 90.4. The van der Waals surface area contributed by atoms with Gasteiger partial charge in [0.15, 0.2) is 57.4 Å². The van der Waals surface area contributed by atoms with Crippen LogP contribution in [-0.4, -0.2) is 188 Å². The maximum Gasteiger partial charge on any atom is 0.413 e. The lowest BCUT2D eigenvalue weighted by Gasteiger charge is -2.22. The number of aromatic nitrogens is 19. The number of ether oxygens (including phenoxy) is 7. The van der Waals surface area contributed by atoms with E-state index in [0.29, 0.717) is 170 Å². The van der Waals surface area contributed by atoms with Crippen molar-refractivity contribution in [2.24, 2.45) is 44.8 Å². The molecule has 5 fully saturated rings. The van der Waals surface area contributed by atoms with Crippen LogP contribution in [0.25, 0.3) is 67.3 Å². The van der Waals surface area contributed by atoms with E-state index in [4.69, 9.17) is 33.2 Å². The molecule has 4 saturated carbocycles. The number of nitrogens with one attached hydrogen (secondary N) is 9. The van der Waals surface area contributed by atoms with Gasteiger partial charge in [0, 0.05) is 119 Å². The van der Waals surface area contributed by atoms with E-state index in [1.807, 2.05) is 119 Å². The molecule has 0 unspecified atom stereocenters. The first-order valence-corrected chi connectivity index (χ1v) is 43.8. The molecule has 42 nitrogen and oxygen atoms in total. The van der Waals surface area contributed by atoms with Gasteiger partial charge in [0.2, 0.25) is 41.3 Å². The average Bonchev–Trinajstić information content (AvgIpc) is 1.62. The first-order chi connectivity index (χ1) is 64.4. The van der Waals surface area contributed by atoms with Gasteiger partial charge in [0.1, 0.15) is 70.7 Å². The number of aryl methyl sites for hydroxylation is 5. The molecule has 4 aromatic carbocycles. The van der Waals surface area contributed by atoms with Crippen molar-refractivity contribution >= 4 is 137 Å². The van der Waals surface area contributed by atoms with Crippen molar-refractivity contribution in [3.05, 3.63) is 133 Å². The molecule has 0 atom stereocenters. The van der Waals surface area contributed by atoms with Gasteiger partial charge in [-0.1, -0.05) is 18.2 Å². The molecule has 9 aliphatic rings. The number of carbonyl (C=O) groups excluding carboxylic acids is 6. The molecule has 0 bridgehead atoms. The third-order valence-electron chi connectivity index (χ3n) is 23.3. The summed E-state index contributed by atoms with van der Waals surface area (Å²) in [4.78, 5) is 107. The van der Waals surface area contributed by atoms with E-state index in [2.05, 4.69) is 113 Å². The van der Waals surface area contributed by atoms with Crippen LogP contribution in [0.5, 0.6) is 40.6 Å². The molecular weight excluding hydrogens is 1700 g/mol. The fourth-order valence-electron chi connectivity index (χ4n) is 16.1. The lowest BCUT2D eigenvalue weighted by molar-refractivity contribution is -0.118. The number of anilines is 12. The van der Waals surface area contributed by atoms with E-state index >= 15 is 0 Å². The number of rotatable bonds is 23. The highest BCUT2D eigenvalue weighted by molar-refractivity contribution is 6.05. The summed E-state index contributed by atoms with van der Waals surface area (Å²) in [7, 11) is 10.2. The molecule has 5 aliphatic heterocycles. The maximum absolute atomic E-state index is 12.7. The van der Waals surface area contributed by atoms with Gasteiger partial charge >= 0.3 is 6.09 Å². The third kappa shape index (κ3) is 17.9. The highest BCUT2D eigenvalue weighted by Gasteiger charge is 2.37. The Kier molecular flexibility index (Phi) is 22.9. The number of amides is 6. The van der Waals surface area contributed by atoms with Crippen molar-refractivity contribution in [1.29, 1.82) is 0 Å². The number of pyridine rings is 4. The molecule has 6 amide bonds. The second-order valence-electron chi connectivity index (χ2n) is 33.2. The molecule has 23 rings (SSSR count). The summed E-state index contributed by atoms with van der Waals surface area (Å²) in [5.41, 5.74) is 10.5. The standard InChI is InChI=1S/C24H26N6O3.C23H24N8O3.C22H22N8O3.C21H21N7O4/c31-22(15-4-5-15)27-19-14-18(20-21(26-19)28-30-12-3-13-33-24(20)30)25-17-8-6-16(7-9-17)23(32)29-10-1-2-11-29;1-30-12-24-20(28-30)14-5-3-6-15(19(14)33-2)25-16-11-17(27-22(32)13-7-8-13)26-21-18(16)23-31(29-21)9-4-10-34-23;1-29-11-23-19(27-29)13-4-3-5-14(18(13)32-2)24-15-10-16(26-21(31)12-6-7-12)25-20-17(15)22-30(28-20)8-9-33-22;1-28-10-23-19(27-28)12-4-3-5-13(17(12)31-2)24-14-8-16(26-20(29)11-6-7-11)25-15-9-22-21(30)32-18(14)15/h6-9,14-15,25H,1-5,10-13H2,(H,26,27,28,31);3,5-6,11-13,25H,4,7-10H2,1-2H3,(H,26,27,29,32);3-5,10-12,24H,6-9H2,1-2H3,(H,25,26,28,31);3-5,8,10-11H,6-7,9H2,1-2H3,(H,22,30)(H2,24,25,26,29). The summed E-state index contributed by atoms with van der Waals surface area (Å²) in [6, 6.07) is 31.5. The average molecular weight is 1790 g/mol. The molecule has 15 heterocycles. The van der Waals surface area contributed by atoms with Crippen LogP contribution in [0.1, 0.15) is 93.1 Å². The van der Waals surface area contributed by atoms with Crippen molar-refractivity contribution in [2.75, 3.05) is 96.8 Å². The van der Waals surface area contributed by atoms with Crippen LogP contribution in [0.15, 0.2) is 122 Å². The van der Waals surface area contributed by atoms with Crippen LogP contribution < -0.4 is 81.0 Å². The molecule has 14 aromatic rings. The topological polar surface area (TPSA) is 476 Å². The number of benzene rings is 4. The van der Waals surface area contributed by atoms with Crippen LogP contribution in [0.3, 0.4) is 0 Å². The van der Waals surface area contributed by atoms with Crippen LogP contribution in [0, 0.1) is 23.7 Å². The van der Waals surface area contributed by atoms with Gasteiger partial charge in [-0.25, -0.2) is 53.7 Å². The first-order valence-electron chi connectivity index (χ1n) is 43.8. The normalized spacial score (nSPS) is 15.5. The fourth-order valence-corrected chi connectivity index (χ4v) is 16.1. The summed E-state index contributed by atoms with van der Waals surface area (Å²) in [5, 5.41) is 57.1. The van der Waals surface area contributed by atoms with Crippen molar-refractivity contribution in [2.45, 2.75) is 103 Å². The molecule has 1 saturated heterocycles. The minimum absolute atomic E-state index is 0.00204. The number of carbonyl (C=O) groups is 6. The van der Waals surface area contributed by atoms with E-state index < -0.39 is 6.09 Å². The molecular formula is C90H93N29O13. The quantitative estimate of drug-likeness (QED) is 0.0287. The molecule has 132 heavy (non-hydrogen) atoms. The number of likely N-dealkylation sites (tertiary alicyclic amines) is 1. The Labute approximate surface area is 752 Å². The monoisotopic (exact) mass is 1790 g/mol. The summed E-state index contributed by atoms with van der Waals surface area (Å²) in [6.07, 6.45) is 15.5. The number of nitrogens with zero attached hydrogens (tertiary/aromatic N) is 20. The Morgan fingerprint density at radius 1 is 0.409 bits per heavy atom. The number of hydrogen-bond donors (Lipinski definition) is 9. The Balaban J connectivity index is 0.000000110. The summed E-state index contributed by atoms with van der Waals surface area (Å²) in [6.45, 7) is 5.82. The minimum atomic E-state index is -0.574. The van der Waals surface area contributed by atoms with Crippen molar-refractivity contribution in [3.8, 4) is 74.8 Å². The third-order valence-corrected chi connectivity index (χ3v) is 23.3. The van der Waals surface area contributed by atoms with E-state index in [1.54, 1.807) is 78.2 Å². The zero-order valence-electron chi connectivity index (χ0n) is 73.0. The van der Waals surface area contributed by atoms with Crippen LogP contribution in [0.2, 0.25) is 0 Å². The highest BCUT2D eigenvalue weighted by atomic mass is 16.6. The van der Waals surface area contributed by atoms with Crippen molar-refractivity contribution < 1.29 is 61.9 Å². The summed E-state index contributed by atoms with van der Waals surface area (Å²) in [5.74, 6) is 7.62. The van der Waals surface area contributed by atoms with Gasteiger partial charge in [-0.2, -0.15) is 15.3 Å². The van der Waals surface area contributed by atoms with Gasteiger partial charge in [-0.05, 0) is 125 Å². The Morgan fingerprint density at radius 2 is 0.780 bits per heavy atom. The SMILES string of the molecule is COc1c(Nc2cc(NC(=O)C3CC3)nc3c2OC(=O)NC3)cccc1-c1ncn(C)n1.COc1c(Nc2cc(NC(=O)C3CC3)nc3nn4c(c23)OCC4)cccc1-c1ncn(C)n1.COc1c(Nc2cc(NC(=O)C3CC3)nc3nn4c(c23)OCCC4)cccc1-c1ncn(C)n1.O=C(Nc1cc(Nc2ccc(C(=O)N3CCCC3)cc2)c2c3n(nc2n1)CCCO3)C1CC1. The molecule has 676 valence electrons. The maximum atomic E-state index is 12.7. The predicted molar refractivity (Wildman–Crippen MR) is 485 cm³/mol. The van der Waals surface area contributed by atoms with E-state index in [1.165, 1.54) is 0 Å². The summed E-state index contributed by atoms with van der Waals surface area (Å²) < 4.78 is 50.6. The Morgan fingerprint density at radius 3 is 1.17 bits per heavy atom. The second kappa shape index (κ2) is 35.9. The molecule has 0 radical (unpaired) electrons. The smallest absolute Gasteiger partial charge is 0.413 e. The van der Waals surface area contributed by atoms with Crippen LogP contribution in [0.4, 0.5) is 73.6 Å². The number of hydrogen-bond acceptors (Lipinski definition) is 30. The van der Waals surface area contributed by atoms with Crippen molar-refractivity contribution in [1.82, 2.24) is 104 Å². The summed E-state index contributed by atoms with van der Waals surface area (Å²) >= 11 is 0. The predicted octanol–water partition coefficient (Wildman–Crippen LogP) is 12.0. The van der Waals surface area contributed by atoms with E-state index in [-0.39, 0.29) is 59.8 Å². The molecule has 10 aromatic heterocycles. The number of fused-ring (bicyclic) bond motifs is 10. The number of para-hydroxylation sites is 3. The Bertz CT molecular complexity index is 6850. The molecule has 9 N–H and O–H groups in total. The fraction of sp³-hybridized carbons (Fsp3) is 0.344. The van der Waals surface area contributed by atoms with Gasteiger partial charge in [0.05, 0.1) is 104 Å². The van der Waals surface area contributed by atoms with Crippen LogP contribution in [-0.2, 0) is 66.5 Å². The van der Waals surface area contributed by atoms with Crippen LogP contribution >= 0.6 is 0 Å². The van der Waals surface area contributed by atoms with Gasteiger partial charge in [-0.15, -0.1) is 15.3 Å². The first kappa shape index (κ1) is 84.1. The van der Waals surface area contributed by atoms with E-state index in [9.17, 15) is 28.8 Å². The molecule has 42 heteroatoms. The van der Waals surface area contributed by atoms with E-state index in [0.717, 1.165) is 148 Å². The lowest BCUT2D eigenvalue weighted by atomic mass is 10.1. The largest absolute Gasteiger partial charge is 0.494 e. The highest BCUT2D eigenvalue weighted by Crippen LogP contribution is 2.47. The lowest BCUT2D eigenvalue weighted by Crippen LogP contribution is -2.32. The minimum Gasteiger partial charge on any atom is -0.494 e. The van der Waals surface area contributed by atoms with Crippen molar-refractivity contribution in [3.63, 3.8) is 0 Å². The molecule has 0 spiro atoms. The molecule has 4 aliphatic carbocycles. The Hall–Kier alpha value is -16.1. The van der Waals surface area contributed by atoms with Gasteiger partial charge in [-0.3, -0.25) is 38.0 Å². The van der Waals surface area contributed by atoms with Gasteiger partial charge < -0.3 is 85.9 Å².